The summed E-state index contributed by atoms with van der Waals surface area (Å²) in [6.45, 7) is 3.69. The van der Waals surface area contributed by atoms with Crippen molar-refractivity contribution in [1.29, 1.82) is 0 Å². The van der Waals surface area contributed by atoms with Gasteiger partial charge in [0.25, 0.3) is 0 Å². The van der Waals surface area contributed by atoms with E-state index in [9.17, 15) is 0 Å². The van der Waals surface area contributed by atoms with Gasteiger partial charge in [0.2, 0.25) is 0 Å². The van der Waals surface area contributed by atoms with Gasteiger partial charge in [-0.15, -0.1) is 11.3 Å². The average molecular weight is 284 g/mol. The number of para-hydroxylation sites is 1. The van der Waals surface area contributed by atoms with Crippen molar-refractivity contribution in [2.45, 2.75) is 4.90 Å². The highest BCUT2D eigenvalue weighted by atomic mass is 33.1. The molecule has 2 aromatic rings. The highest BCUT2D eigenvalue weighted by molar-refractivity contribution is 8.75. The van der Waals surface area contributed by atoms with Crippen LogP contribution in [0.25, 0.3) is 10.2 Å². The molecule has 3 nitrogen and oxygen atoms in total. The molecule has 0 saturated carbocycles. The van der Waals surface area contributed by atoms with E-state index in [0.29, 0.717) is 0 Å². The number of morpholine rings is 1. The highest BCUT2D eigenvalue weighted by Gasteiger charge is 2.12. The zero-order valence-electron chi connectivity index (χ0n) is 9.17. The zero-order chi connectivity index (χ0) is 11.5. The number of nitrogens with zero attached hydrogens (tertiary/aromatic N) is 2. The fourth-order valence-electron chi connectivity index (χ4n) is 1.64. The van der Waals surface area contributed by atoms with Crippen LogP contribution >= 0.6 is 33.1 Å². The Morgan fingerprint density at radius 1 is 1.29 bits per heavy atom. The summed E-state index contributed by atoms with van der Waals surface area (Å²) < 4.78 is 8.94. The van der Waals surface area contributed by atoms with Gasteiger partial charge in [-0.25, -0.2) is 9.29 Å². The van der Waals surface area contributed by atoms with Crippen LogP contribution in [0.5, 0.6) is 0 Å². The number of thiazole rings is 1. The van der Waals surface area contributed by atoms with Crippen molar-refractivity contribution in [1.82, 2.24) is 9.29 Å². The molecule has 1 fully saturated rings. The lowest BCUT2D eigenvalue weighted by Crippen LogP contribution is -2.30. The van der Waals surface area contributed by atoms with E-state index in [4.69, 9.17) is 4.74 Å². The monoisotopic (exact) mass is 284 g/mol. The summed E-state index contributed by atoms with van der Waals surface area (Å²) in [5.74, 6) is 0. The Morgan fingerprint density at radius 2 is 2.18 bits per heavy atom. The lowest BCUT2D eigenvalue weighted by Gasteiger charge is -2.24. The van der Waals surface area contributed by atoms with Crippen LogP contribution in [0.3, 0.4) is 0 Å². The van der Waals surface area contributed by atoms with Crippen molar-refractivity contribution in [2.75, 3.05) is 26.3 Å². The second-order valence-corrected chi connectivity index (χ2v) is 6.76. The van der Waals surface area contributed by atoms with Gasteiger partial charge in [0.05, 0.1) is 28.9 Å². The summed E-state index contributed by atoms with van der Waals surface area (Å²) in [5.41, 5.74) is 3.04. The largest absolute Gasteiger partial charge is 0.379 e. The Balaban J connectivity index is 1.69. The number of hydrogen-bond acceptors (Lipinski definition) is 6. The van der Waals surface area contributed by atoms with E-state index in [1.54, 1.807) is 33.1 Å². The first-order valence-electron chi connectivity index (χ1n) is 5.43. The molecule has 1 aromatic carbocycles. The zero-order valence-corrected chi connectivity index (χ0v) is 11.6. The first kappa shape index (κ1) is 11.8. The molecule has 17 heavy (non-hydrogen) atoms. The molecule has 1 aliphatic heterocycles. The summed E-state index contributed by atoms with van der Waals surface area (Å²) in [6.07, 6.45) is 0. The number of benzene rings is 1. The first-order chi connectivity index (χ1) is 8.43. The lowest BCUT2D eigenvalue weighted by atomic mass is 10.3. The molecule has 6 heteroatoms. The van der Waals surface area contributed by atoms with Crippen LogP contribution in [0, 0.1) is 0 Å². The van der Waals surface area contributed by atoms with E-state index >= 15 is 0 Å². The molecule has 1 saturated heterocycles. The average Bonchev–Trinajstić information content (AvgIpc) is 2.86. The molecule has 3 rings (SSSR count). The van der Waals surface area contributed by atoms with Crippen LogP contribution in [-0.2, 0) is 4.74 Å². The Bertz CT molecular complexity index is 496. The van der Waals surface area contributed by atoms with Crippen LogP contribution in [-0.4, -0.2) is 35.6 Å². The van der Waals surface area contributed by atoms with Crippen molar-refractivity contribution >= 4 is 43.3 Å². The maximum atomic E-state index is 5.33. The van der Waals surface area contributed by atoms with Gasteiger partial charge in [-0.3, -0.25) is 0 Å². The molecule has 0 bridgehead atoms. The van der Waals surface area contributed by atoms with E-state index < -0.39 is 0 Å². The summed E-state index contributed by atoms with van der Waals surface area (Å²) in [5, 5.41) is 0. The molecule has 1 aromatic heterocycles. The van der Waals surface area contributed by atoms with E-state index in [0.717, 1.165) is 31.8 Å². The maximum absolute atomic E-state index is 5.33. The highest BCUT2D eigenvalue weighted by Crippen LogP contribution is 2.38. The lowest BCUT2D eigenvalue weighted by molar-refractivity contribution is 0.0779. The number of aromatic nitrogens is 1. The maximum Gasteiger partial charge on any atom is 0.0956 e. The molecule has 1 aliphatic rings. The SMILES string of the molecule is c1cc(SSN2CCOCC2)c2ncsc2c1. The quantitative estimate of drug-likeness (QED) is 0.636. The first-order valence-corrected chi connectivity index (χ1v) is 8.42. The van der Waals surface area contributed by atoms with Crippen LogP contribution in [0.15, 0.2) is 28.6 Å². The van der Waals surface area contributed by atoms with Crippen molar-refractivity contribution in [3.05, 3.63) is 23.7 Å². The minimum Gasteiger partial charge on any atom is -0.379 e. The third-order valence-corrected chi connectivity index (χ3v) is 5.87. The van der Waals surface area contributed by atoms with E-state index in [2.05, 4.69) is 27.5 Å². The molecule has 0 aliphatic carbocycles. The van der Waals surface area contributed by atoms with Gasteiger partial charge in [0.1, 0.15) is 0 Å². The third kappa shape index (κ3) is 2.77. The minimum atomic E-state index is 0.842. The standard InChI is InChI=1S/C11H12N2OS3/c1-2-9-11(12-8-15-9)10(3-1)16-17-13-4-6-14-7-5-13/h1-3,8H,4-7H2. The van der Waals surface area contributed by atoms with Gasteiger partial charge in [0, 0.05) is 18.0 Å². The second kappa shape index (κ2) is 5.58. The molecular weight excluding hydrogens is 272 g/mol. The molecule has 0 unspecified atom stereocenters. The summed E-state index contributed by atoms with van der Waals surface area (Å²) in [6, 6.07) is 6.36. The van der Waals surface area contributed by atoms with Crippen molar-refractivity contribution in [2.24, 2.45) is 0 Å². The normalized spacial score (nSPS) is 17.6. The number of fused-ring (bicyclic) bond motifs is 1. The van der Waals surface area contributed by atoms with Crippen LogP contribution in [0.4, 0.5) is 0 Å². The van der Waals surface area contributed by atoms with Crippen molar-refractivity contribution < 1.29 is 4.74 Å². The smallest absolute Gasteiger partial charge is 0.0956 e. The number of hydrogen-bond donors (Lipinski definition) is 0. The Kier molecular flexibility index (Phi) is 3.87. The molecule has 0 radical (unpaired) electrons. The summed E-state index contributed by atoms with van der Waals surface area (Å²) in [4.78, 5) is 5.67. The van der Waals surface area contributed by atoms with Gasteiger partial charge in [0.15, 0.2) is 0 Å². The molecule has 0 N–H and O–H groups in total. The predicted octanol–water partition coefficient (Wildman–Crippen LogP) is 3.28. The van der Waals surface area contributed by atoms with Crippen molar-refractivity contribution in [3.8, 4) is 0 Å². The second-order valence-electron chi connectivity index (χ2n) is 3.65. The van der Waals surface area contributed by atoms with Gasteiger partial charge in [-0.2, -0.15) is 0 Å². The van der Waals surface area contributed by atoms with Gasteiger partial charge < -0.3 is 4.74 Å². The number of rotatable bonds is 3. The van der Waals surface area contributed by atoms with Gasteiger partial charge in [-0.1, -0.05) is 6.07 Å². The fourth-order valence-corrected chi connectivity index (χ4v) is 4.68. The summed E-state index contributed by atoms with van der Waals surface area (Å²) >= 11 is 1.70. The molecule has 0 spiro atoms. The van der Waals surface area contributed by atoms with Crippen LogP contribution in [0.1, 0.15) is 0 Å². The Morgan fingerprint density at radius 3 is 3.06 bits per heavy atom. The molecule has 0 amide bonds. The van der Waals surface area contributed by atoms with E-state index in [1.165, 1.54) is 9.60 Å². The number of ether oxygens (including phenoxy) is 1. The predicted molar refractivity (Wildman–Crippen MR) is 75.5 cm³/mol. The van der Waals surface area contributed by atoms with Gasteiger partial charge >= 0.3 is 0 Å². The minimum absolute atomic E-state index is 0.842. The Labute approximate surface area is 112 Å². The molecule has 2 heterocycles. The van der Waals surface area contributed by atoms with Crippen molar-refractivity contribution in [3.63, 3.8) is 0 Å². The van der Waals surface area contributed by atoms with Crippen LogP contribution in [0.2, 0.25) is 0 Å². The summed E-state index contributed by atoms with van der Waals surface area (Å²) in [7, 11) is 3.60. The fraction of sp³-hybridized carbons (Fsp3) is 0.364. The molecular formula is C11H12N2OS3. The van der Waals surface area contributed by atoms with E-state index in [1.807, 2.05) is 5.51 Å². The third-order valence-electron chi connectivity index (χ3n) is 2.53. The van der Waals surface area contributed by atoms with E-state index in [-0.39, 0.29) is 0 Å². The van der Waals surface area contributed by atoms with Gasteiger partial charge in [-0.05, 0) is 33.9 Å². The van der Waals surface area contributed by atoms with Crippen LogP contribution < -0.4 is 0 Å². The Hall–Kier alpha value is -0.270. The topological polar surface area (TPSA) is 25.4 Å². The molecule has 0 atom stereocenters. The molecule has 90 valence electrons.